The maximum atomic E-state index is 13.5. The Hall–Kier alpha value is -2.86. The second-order valence-corrected chi connectivity index (χ2v) is 9.71. The van der Waals surface area contributed by atoms with Gasteiger partial charge in [0.15, 0.2) is 0 Å². The fourth-order valence-electron chi connectivity index (χ4n) is 3.83. The zero-order chi connectivity index (χ0) is 26.0. The largest absolute Gasteiger partial charge is 0.416 e. The molecule has 1 aliphatic rings. The van der Waals surface area contributed by atoms with Crippen LogP contribution in [0.2, 0.25) is 5.02 Å². The van der Waals surface area contributed by atoms with Gasteiger partial charge in [0.2, 0.25) is 0 Å². The molecule has 0 bridgehead atoms. The Morgan fingerprint density at radius 1 is 1.17 bits per heavy atom. The molecule has 1 N–H and O–H groups in total. The van der Waals surface area contributed by atoms with Gasteiger partial charge in [0, 0.05) is 30.0 Å². The summed E-state index contributed by atoms with van der Waals surface area (Å²) in [6, 6.07) is 8.84. The number of halogens is 4. The number of aromatic nitrogens is 2. The van der Waals surface area contributed by atoms with Gasteiger partial charge in [-0.1, -0.05) is 23.7 Å². The number of carbonyl (C=O) groups is 2. The fraction of sp³-hybridized carbons (Fsp3) is 0.292. The van der Waals surface area contributed by atoms with E-state index in [2.05, 4.69) is 5.10 Å². The van der Waals surface area contributed by atoms with Gasteiger partial charge in [0.1, 0.15) is 0 Å². The first-order valence-corrected chi connectivity index (χ1v) is 12.1. The van der Waals surface area contributed by atoms with Crippen LogP contribution in [0, 0.1) is 0 Å². The average Bonchev–Trinajstić information content (AvgIpc) is 3.32. The number of fused-ring (bicyclic) bond motifs is 1. The number of amides is 2. The Bertz CT molecular complexity index is 1340. The lowest BCUT2D eigenvalue weighted by molar-refractivity contribution is -0.138. The lowest BCUT2D eigenvalue weighted by Gasteiger charge is -2.18. The number of thioether (sulfide) groups is 1. The van der Waals surface area contributed by atoms with Gasteiger partial charge in [-0.05, 0) is 60.3 Å². The number of hydrogen-bond acceptors (Lipinski definition) is 6. The summed E-state index contributed by atoms with van der Waals surface area (Å²) in [4.78, 5) is 28.3. The van der Waals surface area contributed by atoms with Crippen LogP contribution in [0.15, 0.2) is 47.5 Å². The van der Waals surface area contributed by atoms with Crippen molar-refractivity contribution in [2.24, 2.45) is 0 Å². The molecule has 0 unspecified atom stereocenters. The van der Waals surface area contributed by atoms with E-state index in [4.69, 9.17) is 16.7 Å². The van der Waals surface area contributed by atoms with Crippen molar-refractivity contribution in [2.45, 2.75) is 12.7 Å². The molecule has 1 fully saturated rings. The first kappa shape index (κ1) is 26.2. The number of nitrogens with zero attached hydrogens (tertiary/aromatic N) is 4. The number of aliphatic hydroxyl groups excluding tert-OH is 1. The van der Waals surface area contributed by atoms with Gasteiger partial charge in [-0.3, -0.25) is 19.2 Å². The fourth-order valence-corrected chi connectivity index (χ4v) is 4.87. The summed E-state index contributed by atoms with van der Waals surface area (Å²) in [6.07, 6.45) is -1.40. The van der Waals surface area contributed by atoms with E-state index in [1.807, 2.05) is 4.90 Å². The van der Waals surface area contributed by atoms with Crippen LogP contribution < -0.4 is 0 Å². The van der Waals surface area contributed by atoms with E-state index in [1.165, 1.54) is 21.7 Å². The lowest BCUT2D eigenvalue weighted by atomic mass is 10.1. The van der Waals surface area contributed by atoms with Crippen molar-refractivity contribution >= 4 is 51.5 Å². The molecule has 1 aliphatic heterocycles. The van der Waals surface area contributed by atoms with Crippen molar-refractivity contribution in [1.82, 2.24) is 19.6 Å². The first-order chi connectivity index (χ1) is 17.1. The molecular weight excluding hydrogens is 517 g/mol. The monoisotopic (exact) mass is 538 g/mol. The third kappa shape index (κ3) is 5.75. The highest BCUT2D eigenvalue weighted by atomic mass is 35.5. The average molecular weight is 539 g/mol. The van der Waals surface area contributed by atoms with E-state index in [1.54, 1.807) is 37.5 Å². The van der Waals surface area contributed by atoms with E-state index in [0.717, 1.165) is 17.8 Å². The molecule has 2 amide bonds. The molecule has 1 aromatic heterocycles. The van der Waals surface area contributed by atoms with Gasteiger partial charge >= 0.3 is 6.18 Å². The van der Waals surface area contributed by atoms with Crippen LogP contribution >= 0.6 is 23.4 Å². The number of alkyl halides is 3. The molecule has 7 nitrogen and oxygen atoms in total. The standard InChI is InChI=1S/C24H22ClF3N4O3S/c1-30(8-9-33)6-7-31-22(34)21(36-23(31)35)11-15-2-5-20-17(10-15)13-29-32(20)14-16-3-4-18(25)12-19(16)24(26,27)28/h2-5,10-13,33H,6-9,14H2,1H3. The van der Waals surface area contributed by atoms with Crippen molar-refractivity contribution in [3.8, 4) is 0 Å². The number of imide groups is 1. The van der Waals surface area contributed by atoms with Gasteiger partial charge in [-0.2, -0.15) is 18.3 Å². The maximum Gasteiger partial charge on any atom is 0.416 e. The molecule has 0 radical (unpaired) electrons. The smallest absolute Gasteiger partial charge is 0.395 e. The van der Waals surface area contributed by atoms with E-state index in [9.17, 15) is 22.8 Å². The summed E-state index contributed by atoms with van der Waals surface area (Å²) in [5, 5.41) is 13.5. The van der Waals surface area contributed by atoms with Crippen LogP contribution in [0.1, 0.15) is 16.7 Å². The second-order valence-electron chi connectivity index (χ2n) is 8.28. The predicted molar refractivity (Wildman–Crippen MR) is 133 cm³/mol. The van der Waals surface area contributed by atoms with Crippen LogP contribution in [0.3, 0.4) is 0 Å². The first-order valence-electron chi connectivity index (χ1n) is 10.9. The second kappa shape index (κ2) is 10.6. The lowest BCUT2D eigenvalue weighted by Crippen LogP contribution is -2.36. The number of carbonyl (C=O) groups excluding carboxylic acids is 2. The summed E-state index contributed by atoms with van der Waals surface area (Å²) >= 11 is 6.62. The zero-order valence-electron chi connectivity index (χ0n) is 19.1. The van der Waals surface area contributed by atoms with Gasteiger partial charge < -0.3 is 10.0 Å². The number of rotatable bonds is 8. The SMILES string of the molecule is CN(CCO)CCN1C(=O)SC(=Cc2ccc3c(cnn3Cc3ccc(Cl)cc3C(F)(F)F)c2)C1=O. The van der Waals surface area contributed by atoms with E-state index in [-0.39, 0.29) is 46.3 Å². The minimum atomic E-state index is -4.55. The van der Waals surface area contributed by atoms with E-state index in [0.29, 0.717) is 29.6 Å². The Morgan fingerprint density at radius 2 is 1.94 bits per heavy atom. The molecule has 3 aromatic rings. The molecule has 4 rings (SSSR count). The summed E-state index contributed by atoms with van der Waals surface area (Å²) in [6.45, 7) is 0.990. The minimum absolute atomic E-state index is 0.00244. The molecule has 2 aromatic carbocycles. The Balaban J connectivity index is 1.53. The Labute approximate surface area is 214 Å². The molecule has 0 atom stereocenters. The van der Waals surface area contributed by atoms with Crippen molar-refractivity contribution < 1.29 is 27.9 Å². The van der Waals surface area contributed by atoms with Crippen molar-refractivity contribution in [3.63, 3.8) is 0 Å². The number of hydrogen-bond donors (Lipinski definition) is 1. The molecule has 0 aliphatic carbocycles. The third-order valence-corrected chi connectivity index (χ3v) is 6.86. The molecule has 36 heavy (non-hydrogen) atoms. The molecule has 1 saturated heterocycles. The van der Waals surface area contributed by atoms with Crippen LogP contribution in [-0.2, 0) is 17.5 Å². The molecule has 2 heterocycles. The maximum absolute atomic E-state index is 13.5. The Morgan fingerprint density at radius 3 is 2.67 bits per heavy atom. The van der Waals surface area contributed by atoms with Crippen LogP contribution in [0.25, 0.3) is 17.0 Å². The van der Waals surface area contributed by atoms with Crippen molar-refractivity contribution in [2.75, 3.05) is 33.3 Å². The molecule has 12 heteroatoms. The van der Waals surface area contributed by atoms with Gasteiger partial charge in [0.05, 0.1) is 35.3 Å². The highest BCUT2D eigenvalue weighted by Gasteiger charge is 2.35. The van der Waals surface area contributed by atoms with E-state index < -0.39 is 11.7 Å². The van der Waals surface area contributed by atoms with Crippen LogP contribution in [0.4, 0.5) is 18.0 Å². The van der Waals surface area contributed by atoms with Gasteiger partial charge in [-0.15, -0.1) is 0 Å². The van der Waals surface area contributed by atoms with Crippen molar-refractivity contribution in [1.29, 1.82) is 0 Å². The molecule has 0 spiro atoms. The predicted octanol–water partition coefficient (Wildman–Crippen LogP) is 4.72. The highest BCUT2D eigenvalue weighted by molar-refractivity contribution is 8.18. The van der Waals surface area contributed by atoms with Gasteiger partial charge in [0.25, 0.3) is 11.1 Å². The number of aliphatic hydroxyl groups is 1. The highest BCUT2D eigenvalue weighted by Crippen LogP contribution is 2.35. The quantitative estimate of drug-likeness (QED) is 0.418. The molecule has 0 saturated carbocycles. The van der Waals surface area contributed by atoms with Crippen LogP contribution in [0.5, 0.6) is 0 Å². The normalized spacial score (nSPS) is 15.8. The topological polar surface area (TPSA) is 78.7 Å². The number of benzene rings is 2. The van der Waals surface area contributed by atoms with Crippen molar-refractivity contribution in [3.05, 3.63) is 69.2 Å². The minimum Gasteiger partial charge on any atom is -0.395 e. The summed E-state index contributed by atoms with van der Waals surface area (Å²) in [5.41, 5.74) is 0.510. The molecular formula is C24H22ClF3N4O3S. The van der Waals surface area contributed by atoms with E-state index >= 15 is 0 Å². The summed E-state index contributed by atoms with van der Waals surface area (Å²) in [5.74, 6) is -0.388. The molecule has 190 valence electrons. The zero-order valence-corrected chi connectivity index (χ0v) is 20.7. The summed E-state index contributed by atoms with van der Waals surface area (Å²) in [7, 11) is 1.79. The number of likely N-dealkylation sites (N-methyl/N-ethyl adjacent to an activating group) is 1. The van der Waals surface area contributed by atoms with Crippen LogP contribution in [-0.4, -0.2) is 69.1 Å². The summed E-state index contributed by atoms with van der Waals surface area (Å²) < 4.78 is 41.9. The van der Waals surface area contributed by atoms with Gasteiger partial charge in [-0.25, -0.2) is 0 Å². The third-order valence-electron chi connectivity index (χ3n) is 5.72. The Kier molecular flexibility index (Phi) is 7.74.